The second kappa shape index (κ2) is 5.74. The summed E-state index contributed by atoms with van der Waals surface area (Å²) in [6.45, 7) is 3.62. The maximum atomic E-state index is 10.9. The number of aryl methyl sites for hydroxylation is 1. The van der Waals surface area contributed by atoms with Crippen LogP contribution in [0.1, 0.15) is 24.0 Å². The lowest BCUT2D eigenvalue weighted by molar-refractivity contribution is -0.138. The van der Waals surface area contributed by atoms with Gasteiger partial charge in [0.2, 0.25) is 5.88 Å². The van der Waals surface area contributed by atoms with Gasteiger partial charge in [0.15, 0.2) is 0 Å². The number of hydrogen-bond acceptors (Lipinski definition) is 3. The number of benzene rings is 1. The Balaban J connectivity index is 2.30. The molecule has 104 valence electrons. The monoisotopic (exact) mass is 271 g/mol. The molecule has 0 bridgehead atoms. The van der Waals surface area contributed by atoms with E-state index in [2.05, 4.69) is 4.98 Å². The van der Waals surface area contributed by atoms with Crippen molar-refractivity contribution in [2.24, 2.45) is 0 Å². The van der Waals surface area contributed by atoms with E-state index in [0.717, 1.165) is 22.3 Å². The Bertz CT molecular complexity index is 620. The van der Waals surface area contributed by atoms with Crippen LogP contribution in [0.2, 0.25) is 0 Å². The summed E-state index contributed by atoms with van der Waals surface area (Å²) in [5.74, 6) is -0.704. The van der Waals surface area contributed by atoms with E-state index in [4.69, 9.17) is 9.84 Å². The number of nitrogens with zero attached hydrogens (tertiary/aromatic N) is 1. The Hall–Kier alpha value is -2.36. The molecule has 1 aromatic carbocycles. The van der Waals surface area contributed by atoms with Crippen molar-refractivity contribution in [1.82, 2.24) is 4.98 Å². The van der Waals surface area contributed by atoms with Crippen LogP contribution in [0.5, 0.6) is 5.88 Å². The van der Waals surface area contributed by atoms with E-state index in [0.29, 0.717) is 5.88 Å². The number of ether oxygens (including phenoxy) is 1. The molecular weight excluding hydrogens is 254 g/mol. The van der Waals surface area contributed by atoms with Gasteiger partial charge in [-0.15, -0.1) is 0 Å². The quantitative estimate of drug-likeness (QED) is 0.927. The fourth-order valence-corrected chi connectivity index (χ4v) is 2.04. The number of aromatic nitrogens is 1. The molecule has 4 heteroatoms. The normalized spacial score (nSPS) is 11.9. The van der Waals surface area contributed by atoms with Crippen molar-refractivity contribution in [3.8, 4) is 17.0 Å². The van der Waals surface area contributed by atoms with Gasteiger partial charge in [-0.3, -0.25) is 4.79 Å². The van der Waals surface area contributed by atoms with Gasteiger partial charge in [-0.05, 0) is 31.0 Å². The minimum Gasteiger partial charge on any atom is -0.481 e. The van der Waals surface area contributed by atoms with Crippen LogP contribution in [0.3, 0.4) is 0 Å². The van der Waals surface area contributed by atoms with E-state index in [1.807, 2.05) is 37.3 Å². The number of aliphatic carboxylic acids is 1. The maximum Gasteiger partial charge on any atom is 0.310 e. The van der Waals surface area contributed by atoms with Crippen LogP contribution in [-0.4, -0.2) is 23.2 Å². The number of pyridine rings is 1. The largest absolute Gasteiger partial charge is 0.481 e. The van der Waals surface area contributed by atoms with Crippen LogP contribution in [0.25, 0.3) is 11.1 Å². The highest BCUT2D eigenvalue weighted by Gasteiger charge is 2.13. The van der Waals surface area contributed by atoms with E-state index in [1.165, 1.54) is 0 Å². The van der Waals surface area contributed by atoms with Crippen molar-refractivity contribution in [3.63, 3.8) is 0 Å². The van der Waals surface area contributed by atoms with E-state index < -0.39 is 11.9 Å². The molecule has 2 rings (SSSR count). The Morgan fingerprint density at radius 3 is 2.40 bits per heavy atom. The molecular formula is C16H17NO3. The molecule has 0 aliphatic heterocycles. The van der Waals surface area contributed by atoms with Crippen molar-refractivity contribution < 1.29 is 14.6 Å². The minimum absolute atomic E-state index is 0.500. The molecule has 2 aromatic rings. The zero-order chi connectivity index (χ0) is 14.7. The average Bonchev–Trinajstić information content (AvgIpc) is 2.46. The molecule has 1 unspecified atom stereocenters. The fourth-order valence-electron chi connectivity index (χ4n) is 2.04. The van der Waals surface area contributed by atoms with E-state index in [9.17, 15) is 4.79 Å². The summed E-state index contributed by atoms with van der Waals surface area (Å²) in [6.07, 6.45) is 1.75. The van der Waals surface area contributed by atoms with Gasteiger partial charge in [0.05, 0.1) is 13.0 Å². The van der Waals surface area contributed by atoms with Crippen molar-refractivity contribution in [3.05, 3.63) is 47.7 Å². The van der Waals surface area contributed by atoms with Crippen molar-refractivity contribution >= 4 is 5.97 Å². The van der Waals surface area contributed by atoms with E-state index >= 15 is 0 Å². The summed E-state index contributed by atoms with van der Waals surface area (Å²) in [4.78, 5) is 15.2. The van der Waals surface area contributed by atoms with E-state index in [-0.39, 0.29) is 0 Å². The molecule has 0 aliphatic carbocycles. The number of carboxylic acids is 1. The number of carbonyl (C=O) groups is 1. The van der Waals surface area contributed by atoms with Crippen molar-refractivity contribution in [2.45, 2.75) is 19.8 Å². The predicted octanol–water partition coefficient (Wildman–Crippen LogP) is 3.25. The molecule has 4 nitrogen and oxygen atoms in total. The first-order valence-electron chi connectivity index (χ1n) is 6.36. The molecule has 1 heterocycles. The summed E-state index contributed by atoms with van der Waals surface area (Å²) >= 11 is 0. The first-order chi connectivity index (χ1) is 9.52. The van der Waals surface area contributed by atoms with Crippen LogP contribution in [-0.2, 0) is 4.79 Å². The predicted molar refractivity (Wildman–Crippen MR) is 77.0 cm³/mol. The summed E-state index contributed by atoms with van der Waals surface area (Å²) in [5.41, 5.74) is 3.75. The molecule has 0 aliphatic rings. The van der Waals surface area contributed by atoms with Gasteiger partial charge >= 0.3 is 5.97 Å². The highest BCUT2D eigenvalue weighted by molar-refractivity contribution is 5.76. The highest BCUT2D eigenvalue weighted by Crippen LogP contribution is 2.25. The lowest BCUT2D eigenvalue weighted by Crippen LogP contribution is -2.06. The lowest BCUT2D eigenvalue weighted by atomic mass is 9.98. The fraction of sp³-hybridized carbons (Fsp3) is 0.250. The van der Waals surface area contributed by atoms with Crippen molar-refractivity contribution in [2.75, 3.05) is 7.11 Å². The second-order valence-corrected chi connectivity index (χ2v) is 4.73. The van der Waals surface area contributed by atoms with Crippen molar-refractivity contribution in [1.29, 1.82) is 0 Å². The van der Waals surface area contributed by atoms with Gasteiger partial charge in [0, 0.05) is 17.3 Å². The first kappa shape index (κ1) is 14.1. The van der Waals surface area contributed by atoms with Gasteiger partial charge in [0.25, 0.3) is 0 Å². The molecule has 1 atom stereocenters. The molecule has 0 fully saturated rings. The molecule has 20 heavy (non-hydrogen) atoms. The molecule has 0 saturated carbocycles. The van der Waals surface area contributed by atoms with Gasteiger partial charge in [-0.25, -0.2) is 4.98 Å². The number of hydrogen-bond donors (Lipinski definition) is 1. The van der Waals surface area contributed by atoms with E-state index in [1.54, 1.807) is 20.2 Å². The number of rotatable bonds is 4. The van der Waals surface area contributed by atoms with Gasteiger partial charge in [-0.1, -0.05) is 24.3 Å². The summed E-state index contributed by atoms with van der Waals surface area (Å²) in [7, 11) is 1.59. The molecule has 1 aromatic heterocycles. The summed E-state index contributed by atoms with van der Waals surface area (Å²) < 4.78 is 5.14. The molecule has 0 radical (unpaired) electrons. The van der Waals surface area contributed by atoms with Gasteiger partial charge in [0.1, 0.15) is 0 Å². The summed E-state index contributed by atoms with van der Waals surface area (Å²) in [6, 6.07) is 9.51. The second-order valence-electron chi connectivity index (χ2n) is 4.73. The molecule has 1 N–H and O–H groups in total. The molecule has 0 saturated heterocycles. The standard InChI is InChI=1S/C16H17NO3/c1-10-8-14(9-17-15(10)20-3)13-6-4-12(5-7-13)11(2)16(18)19/h4-9,11H,1-3H3,(H,18,19). The zero-order valence-electron chi connectivity index (χ0n) is 11.8. The Morgan fingerprint density at radius 1 is 1.25 bits per heavy atom. The first-order valence-corrected chi connectivity index (χ1v) is 6.36. The van der Waals surface area contributed by atoms with Gasteiger partial charge in [-0.2, -0.15) is 0 Å². The van der Waals surface area contributed by atoms with Gasteiger partial charge < -0.3 is 9.84 Å². The Labute approximate surface area is 118 Å². The topological polar surface area (TPSA) is 59.4 Å². The highest BCUT2D eigenvalue weighted by atomic mass is 16.5. The van der Waals surface area contributed by atoms with Crippen LogP contribution in [0.4, 0.5) is 0 Å². The average molecular weight is 271 g/mol. The number of carboxylic acid groups (broad SMARTS) is 1. The van der Waals surface area contributed by atoms with Crippen LogP contribution >= 0.6 is 0 Å². The Morgan fingerprint density at radius 2 is 1.90 bits per heavy atom. The van der Waals surface area contributed by atoms with Crippen LogP contribution < -0.4 is 4.74 Å². The summed E-state index contributed by atoms with van der Waals surface area (Å²) in [5, 5.41) is 8.99. The SMILES string of the molecule is COc1ncc(-c2ccc(C(C)C(=O)O)cc2)cc1C. The molecule has 0 amide bonds. The lowest BCUT2D eigenvalue weighted by Gasteiger charge is -2.09. The minimum atomic E-state index is -0.820. The third-order valence-corrected chi connectivity index (χ3v) is 3.34. The maximum absolute atomic E-state index is 10.9. The van der Waals surface area contributed by atoms with Crippen LogP contribution in [0.15, 0.2) is 36.5 Å². The van der Waals surface area contributed by atoms with Crippen LogP contribution in [0, 0.1) is 6.92 Å². The number of methoxy groups -OCH3 is 1. The smallest absolute Gasteiger partial charge is 0.310 e. The third-order valence-electron chi connectivity index (χ3n) is 3.34. The third kappa shape index (κ3) is 2.79. The zero-order valence-corrected chi connectivity index (χ0v) is 11.8. The molecule has 0 spiro atoms. The Kier molecular flexibility index (Phi) is 4.03.